The summed E-state index contributed by atoms with van der Waals surface area (Å²) in [5, 5.41) is 17.6. The summed E-state index contributed by atoms with van der Waals surface area (Å²) in [7, 11) is 0. The molecule has 0 spiro atoms. The molecule has 9 heteroatoms. The number of fused-ring (bicyclic) bond motifs is 7. The normalized spacial score (nSPS) is 13.3. The van der Waals surface area contributed by atoms with E-state index in [0.717, 1.165) is 80.7 Å². The van der Waals surface area contributed by atoms with Crippen LogP contribution in [-0.2, 0) is 0 Å². The van der Waals surface area contributed by atoms with Crippen molar-refractivity contribution in [3.63, 3.8) is 0 Å². The van der Waals surface area contributed by atoms with E-state index in [0.29, 0.717) is 22.0 Å². The van der Waals surface area contributed by atoms with Crippen LogP contribution < -0.4 is 20.5 Å². The van der Waals surface area contributed by atoms with Crippen LogP contribution in [0.4, 0.5) is 32.8 Å². The Balaban J connectivity index is 1.22. The van der Waals surface area contributed by atoms with Crippen molar-refractivity contribution >= 4 is 123 Å². The van der Waals surface area contributed by atoms with E-state index in [4.69, 9.17) is 9.97 Å². The molecule has 0 amide bonds. The molecule has 7 aromatic carbocycles. The minimum Gasteiger partial charge on any atom is -0.302 e. The fourth-order valence-electron chi connectivity index (χ4n) is 8.34. The fraction of sp³-hybridized carbons (Fsp3) is 0. The van der Waals surface area contributed by atoms with Crippen molar-refractivity contribution in [1.82, 2.24) is 9.97 Å². The molecule has 0 saturated heterocycles. The van der Waals surface area contributed by atoms with Crippen LogP contribution in [0.2, 0.25) is 0 Å². The largest absolute Gasteiger partial charge is 0.302 e. The molecule has 0 radical (unpaired) electrons. The Morgan fingerprint density at radius 2 is 0.754 bits per heavy atom. The Morgan fingerprint density at radius 1 is 0.410 bits per heavy atom. The van der Waals surface area contributed by atoms with E-state index in [9.17, 15) is 5.41 Å². The Labute approximate surface area is 365 Å². The third-order valence-electron chi connectivity index (χ3n) is 11.0. The molecule has 3 aromatic heterocycles. The van der Waals surface area contributed by atoms with E-state index in [1.54, 1.807) is 22.7 Å². The average molecular weight is 839 g/mol. The van der Waals surface area contributed by atoms with Crippen LogP contribution in [0.25, 0.3) is 43.7 Å². The van der Waals surface area contributed by atoms with Gasteiger partial charge in [-0.2, -0.15) is 0 Å². The van der Waals surface area contributed by atoms with E-state index in [2.05, 4.69) is 197 Å². The van der Waals surface area contributed by atoms with Gasteiger partial charge < -0.3 is 9.80 Å². The number of aromatic nitrogens is 2. The highest BCUT2D eigenvalue weighted by Gasteiger charge is 2.31. The van der Waals surface area contributed by atoms with Crippen molar-refractivity contribution in [2.45, 2.75) is 0 Å². The molecule has 0 bridgehead atoms. The quantitative estimate of drug-likeness (QED) is 0.118. The number of nitrogens with zero attached hydrogens (tertiary/aromatic N) is 5. The smallest absolute Gasteiger partial charge is 0.108 e. The molecule has 1 aliphatic rings. The Kier molecular flexibility index (Phi) is 9.34. The van der Waals surface area contributed by atoms with Gasteiger partial charge in [0, 0.05) is 54.4 Å². The Hall–Kier alpha value is -7.17. The van der Waals surface area contributed by atoms with Crippen molar-refractivity contribution in [2.24, 2.45) is 4.40 Å². The molecule has 0 saturated carbocycles. The minimum atomic E-state index is 0.244. The van der Waals surface area contributed by atoms with Gasteiger partial charge in [-0.25, -0.2) is 14.4 Å². The lowest BCUT2D eigenvalue weighted by Gasteiger charge is -2.24. The molecule has 11 rings (SSSR count). The van der Waals surface area contributed by atoms with Gasteiger partial charge in [0.2, 0.25) is 0 Å². The van der Waals surface area contributed by atoms with Crippen molar-refractivity contribution in [1.29, 1.82) is 5.41 Å². The minimum absolute atomic E-state index is 0.244. The lowest BCUT2D eigenvalue weighted by atomic mass is 9.91. The zero-order valence-electron chi connectivity index (χ0n) is 32.5. The summed E-state index contributed by atoms with van der Waals surface area (Å²) in [6.07, 6.45) is 0. The van der Waals surface area contributed by atoms with Crippen LogP contribution >= 0.6 is 35.5 Å². The Bertz CT molecular complexity index is 3380. The van der Waals surface area contributed by atoms with E-state index >= 15 is 0 Å². The number of hydrogen-bond acceptors (Lipinski definition) is 9. The first kappa shape index (κ1) is 36.9. The second-order valence-electron chi connectivity index (χ2n) is 14.6. The molecule has 0 fully saturated rings. The van der Waals surface area contributed by atoms with Crippen molar-refractivity contribution < 1.29 is 0 Å². The first-order valence-corrected chi connectivity index (χ1v) is 21.9. The number of para-hydroxylation sites is 4. The van der Waals surface area contributed by atoms with Crippen LogP contribution in [0.5, 0.6) is 0 Å². The standard InChI is InChI=1S/C52H34N6S3/c53-47-45(41-29-31-43(60-41)57(33-17-5-1-6-18-33)34-19-7-2-8-20-34)51-52(55-49-40-28-16-14-26-38(40)37-25-13-15-27-39(37)48(49)54-51)46(50(47)56-59)42-30-32-44(61-42)58(35-21-9-3-10-22-35)36-23-11-4-12-24-36/h1-32,53,59H/b53-47?,56-50-. The van der Waals surface area contributed by atoms with Crippen LogP contribution in [0.15, 0.2) is 199 Å². The summed E-state index contributed by atoms with van der Waals surface area (Å²) >= 11 is 7.85. The van der Waals surface area contributed by atoms with E-state index in [1.165, 1.54) is 0 Å². The second-order valence-corrected chi connectivity index (χ2v) is 16.9. The highest BCUT2D eigenvalue weighted by atomic mass is 32.1. The summed E-state index contributed by atoms with van der Waals surface area (Å²) in [5.74, 6) is 0. The fourth-order valence-corrected chi connectivity index (χ4v) is 10.7. The van der Waals surface area contributed by atoms with E-state index in [-0.39, 0.29) is 5.71 Å². The summed E-state index contributed by atoms with van der Waals surface area (Å²) in [6.45, 7) is 0. The molecule has 1 N–H and O–H groups in total. The maximum Gasteiger partial charge on any atom is 0.108 e. The zero-order valence-corrected chi connectivity index (χ0v) is 35.0. The molecule has 6 nitrogen and oxygen atoms in total. The lowest BCUT2D eigenvalue weighted by molar-refractivity contribution is 1.16. The summed E-state index contributed by atoms with van der Waals surface area (Å²) in [6, 6.07) is 66.8. The van der Waals surface area contributed by atoms with Gasteiger partial charge in [-0.1, -0.05) is 121 Å². The molecule has 0 unspecified atom stereocenters. The molecule has 3 heterocycles. The molecule has 0 aliphatic heterocycles. The average Bonchev–Trinajstić information content (AvgIpc) is 4.01. The summed E-state index contributed by atoms with van der Waals surface area (Å²) in [5.41, 5.74) is 7.85. The van der Waals surface area contributed by atoms with Crippen molar-refractivity contribution in [3.8, 4) is 0 Å². The number of benzene rings is 7. The Morgan fingerprint density at radius 3 is 1.15 bits per heavy atom. The van der Waals surface area contributed by atoms with Crippen LogP contribution in [-0.4, -0.2) is 21.4 Å². The van der Waals surface area contributed by atoms with Gasteiger partial charge in [0.05, 0.1) is 16.7 Å². The van der Waals surface area contributed by atoms with Gasteiger partial charge in [-0.15, -0.1) is 22.7 Å². The third-order valence-corrected chi connectivity index (χ3v) is 13.4. The number of thiol groups is 1. The van der Waals surface area contributed by atoms with Gasteiger partial charge in [0.15, 0.2) is 0 Å². The highest BCUT2D eigenvalue weighted by Crippen LogP contribution is 2.43. The number of rotatable bonds is 8. The predicted molar refractivity (Wildman–Crippen MR) is 261 cm³/mol. The molecular formula is C52H34N6S3. The first-order chi connectivity index (χ1) is 30.2. The van der Waals surface area contributed by atoms with Crippen LogP contribution in [0.3, 0.4) is 0 Å². The number of hydrogen-bond donors (Lipinski definition) is 2. The van der Waals surface area contributed by atoms with E-state index < -0.39 is 0 Å². The maximum absolute atomic E-state index is 10.0. The van der Waals surface area contributed by atoms with E-state index in [1.807, 2.05) is 24.3 Å². The second kappa shape index (κ2) is 15.5. The molecular weight excluding hydrogens is 805 g/mol. The molecule has 10 aromatic rings. The van der Waals surface area contributed by atoms with Gasteiger partial charge in [-0.3, -0.25) is 5.41 Å². The molecule has 290 valence electrons. The molecule has 0 atom stereocenters. The SMILES string of the molecule is N=C1C(c2ccc(N(c3ccccc3)c3ccccc3)s2)=c2nc3c4ccccc4c4ccccc4c3nc2=C(c2ccc(N(c3ccccc3)c3ccccc3)s2)/C1=N/S. The first-order valence-electron chi connectivity index (χ1n) is 19.8. The maximum atomic E-state index is 10.0. The molecule has 1 aliphatic carbocycles. The number of nitrogens with one attached hydrogen (secondary N) is 1. The van der Waals surface area contributed by atoms with Gasteiger partial charge in [-0.05, 0) is 96.4 Å². The van der Waals surface area contributed by atoms with Crippen LogP contribution in [0, 0.1) is 5.41 Å². The van der Waals surface area contributed by atoms with Gasteiger partial charge in [0.1, 0.15) is 26.4 Å². The van der Waals surface area contributed by atoms with Gasteiger partial charge in [0.25, 0.3) is 0 Å². The topological polar surface area (TPSA) is 68.5 Å². The number of anilines is 6. The molecule has 61 heavy (non-hydrogen) atoms. The van der Waals surface area contributed by atoms with Gasteiger partial charge >= 0.3 is 0 Å². The number of thiophene rings is 2. The summed E-state index contributed by atoms with van der Waals surface area (Å²) in [4.78, 5) is 17.5. The van der Waals surface area contributed by atoms with Crippen molar-refractivity contribution in [3.05, 3.63) is 215 Å². The summed E-state index contributed by atoms with van der Waals surface area (Å²) < 4.78 is 4.61. The third kappa shape index (κ3) is 6.33. The predicted octanol–water partition coefficient (Wildman–Crippen LogP) is 12.7. The van der Waals surface area contributed by atoms with Crippen LogP contribution in [0.1, 0.15) is 9.75 Å². The zero-order chi connectivity index (χ0) is 40.9. The monoisotopic (exact) mass is 838 g/mol. The lowest BCUT2D eigenvalue weighted by Crippen LogP contribution is -2.45. The highest BCUT2D eigenvalue weighted by molar-refractivity contribution is 7.79. The van der Waals surface area contributed by atoms with Crippen molar-refractivity contribution in [2.75, 3.05) is 9.80 Å².